The van der Waals surface area contributed by atoms with Crippen LogP contribution in [0.15, 0.2) is 24.5 Å². The molecule has 1 heterocycles. The van der Waals surface area contributed by atoms with Crippen LogP contribution in [0.4, 0.5) is 0 Å². The SMILES string of the molecule is CCC(=O)OS.Cn1cccc1. The highest BCUT2D eigenvalue weighted by molar-refractivity contribution is 7.75. The quantitative estimate of drug-likeness (QED) is 0.537. The molecule has 68 valence electrons. The molecular formula is C8H13NO2S. The van der Waals surface area contributed by atoms with Gasteiger partial charge in [-0.2, -0.15) is 0 Å². The van der Waals surface area contributed by atoms with Crippen molar-refractivity contribution < 1.29 is 8.98 Å². The van der Waals surface area contributed by atoms with Gasteiger partial charge in [-0.3, -0.25) is 4.79 Å². The Hall–Kier alpha value is -0.900. The van der Waals surface area contributed by atoms with E-state index in [1.807, 2.05) is 36.1 Å². The number of aromatic nitrogens is 1. The minimum Gasteiger partial charge on any atom is -0.395 e. The molecule has 0 unspecified atom stereocenters. The van der Waals surface area contributed by atoms with Gasteiger partial charge in [0.05, 0.1) is 0 Å². The predicted molar refractivity (Wildman–Crippen MR) is 50.8 cm³/mol. The Morgan fingerprint density at radius 2 is 2.00 bits per heavy atom. The van der Waals surface area contributed by atoms with Gasteiger partial charge >= 0.3 is 5.97 Å². The predicted octanol–water partition coefficient (Wildman–Crippen LogP) is 1.81. The van der Waals surface area contributed by atoms with Crippen LogP contribution in [-0.2, 0) is 16.0 Å². The topological polar surface area (TPSA) is 31.2 Å². The Labute approximate surface area is 78.0 Å². The highest BCUT2D eigenvalue weighted by Crippen LogP contribution is 1.84. The molecule has 0 aromatic carbocycles. The van der Waals surface area contributed by atoms with E-state index < -0.39 is 0 Å². The lowest BCUT2D eigenvalue weighted by Crippen LogP contribution is -1.90. The van der Waals surface area contributed by atoms with Gasteiger partial charge < -0.3 is 8.75 Å². The van der Waals surface area contributed by atoms with Crippen LogP contribution in [0.3, 0.4) is 0 Å². The molecular weight excluding hydrogens is 174 g/mol. The van der Waals surface area contributed by atoms with Crippen LogP contribution in [-0.4, -0.2) is 10.5 Å². The monoisotopic (exact) mass is 187 g/mol. The molecule has 12 heavy (non-hydrogen) atoms. The maximum Gasteiger partial charge on any atom is 0.317 e. The fourth-order valence-corrected chi connectivity index (χ4v) is 0.614. The molecule has 3 nitrogen and oxygen atoms in total. The Balaban J connectivity index is 0.000000202. The minimum absolute atomic E-state index is 0.293. The molecule has 0 bridgehead atoms. The first-order valence-corrected chi connectivity index (χ1v) is 3.98. The van der Waals surface area contributed by atoms with Crippen molar-refractivity contribution in [1.82, 2.24) is 4.57 Å². The van der Waals surface area contributed by atoms with Gasteiger partial charge in [-0.05, 0) is 12.1 Å². The number of carbonyl (C=O) groups is 1. The summed E-state index contributed by atoms with van der Waals surface area (Å²) in [5.41, 5.74) is 0. The second kappa shape index (κ2) is 6.79. The largest absolute Gasteiger partial charge is 0.395 e. The summed E-state index contributed by atoms with van der Waals surface area (Å²) in [5.74, 6) is -0.293. The Morgan fingerprint density at radius 1 is 1.50 bits per heavy atom. The molecule has 1 aromatic rings. The molecule has 0 amide bonds. The van der Waals surface area contributed by atoms with Gasteiger partial charge in [-0.1, -0.05) is 6.92 Å². The van der Waals surface area contributed by atoms with Crippen molar-refractivity contribution in [3.8, 4) is 0 Å². The number of carbonyl (C=O) groups excluding carboxylic acids is 1. The molecule has 0 saturated carbocycles. The first-order valence-electron chi connectivity index (χ1n) is 3.62. The molecule has 4 heteroatoms. The maximum atomic E-state index is 9.88. The molecule has 0 aliphatic rings. The molecule has 1 rings (SSSR count). The fourth-order valence-electron chi connectivity index (χ4n) is 0.485. The lowest BCUT2D eigenvalue weighted by Gasteiger charge is -1.84. The third kappa shape index (κ3) is 5.85. The summed E-state index contributed by atoms with van der Waals surface area (Å²) in [4.78, 5) is 9.88. The molecule has 0 aliphatic heterocycles. The van der Waals surface area contributed by atoms with E-state index in [1.165, 1.54) is 0 Å². The first-order chi connectivity index (χ1) is 5.70. The third-order valence-corrected chi connectivity index (χ3v) is 1.35. The van der Waals surface area contributed by atoms with Crippen LogP contribution in [0.5, 0.6) is 0 Å². The lowest BCUT2D eigenvalue weighted by molar-refractivity contribution is -0.132. The normalized spacial score (nSPS) is 8.25. The summed E-state index contributed by atoms with van der Waals surface area (Å²) in [6.45, 7) is 1.71. The molecule has 1 aromatic heterocycles. The number of rotatable bonds is 1. The van der Waals surface area contributed by atoms with E-state index in [4.69, 9.17) is 0 Å². The van der Waals surface area contributed by atoms with Crippen LogP contribution >= 0.6 is 12.9 Å². The Kier molecular flexibility index (Phi) is 6.28. The highest BCUT2D eigenvalue weighted by atomic mass is 32.1. The zero-order valence-corrected chi connectivity index (χ0v) is 8.12. The van der Waals surface area contributed by atoms with E-state index in [0.717, 1.165) is 0 Å². The summed E-state index contributed by atoms with van der Waals surface area (Å²) in [6, 6.07) is 4.00. The zero-order valence-electron chi connectivity index (χ0n) is 7.23. The minimum atomic E-state index is -0.293. The summed E-state index contributed by atoms with van der Waals surface area (Å²) in [6.07, 6.45) is 4.39. The van der Waals surface area contributed by atoms with E-state index in [0.29, 0.717) is 6.42 Å². The molecule has 0 aliphatic carbocycles. The van der Waals surface area contributed by atoms with E-state index in [9.17, 15) is 4.79 Å². The van der Waals surface area contributed by atoms with Gasteiger partial charge in [0.2, 0.25) is 0 Å². The van der Waals surface area contributed by atoms with Gasteiger partial charge in [0.25, 0.3) is 0 Å². The molecule has 0 N–H and O–H groups in total. The van der Waals surface area contributed by atoms with Gasteiger partial charge in [-0.15, -0.1) is 0 Å². The van der Waals surface area contributed by atoms with Crippen molar-refractivity contribution >= 4 is 18.9 Å². The molecule has 0 atom stereocenters. The number of thiol groups is 1. The van der Waals surface area contributed by atoms with Gasteiger partial charge in [0, 0.05) is 38.8 Å². The van der Waals surface area contributed by atoms with Gasteiger partial charge in [0.1, 0.15) is 0 Å². The first kappa shape index (κ1) is 11.1. The van der Waals surface area contributed by atoms with Crippen LogP contribution in [0.1, 0.15) is 13.3 Å². The number of nitrogens with zero attached hydrogens (tertiary/aromatic N) is 1. The number of aryl methyl sites for hydroxylation is 1. The molecule has 0 radical (unpaired) electrons. The van der Waals surface area contributed by atoms with Crippen molar-refractivity contribution in [2.45, 2.75) is 13.3 Å². The van der Waals surface area contributed by atoms with Crippen molar-refractivity contribution in [2.24, 2.45) is 7.05 Å². The Bertz CT molecular complexity index is 203. The second-order valence-electron chi connectivity index (χ2n) is 2.17. The van der Waals surface area contributed by atoms with Crippen molar-refractivity contribution in [3.63, 3.8) is 0 Å². The number of hydrogen-bond donors (Lipinski definition) is 1. The molecule has 0 spiro atoms. The van der Waals surface area contributed by atoms with Crippen molar-refractivity contribution in [2.75, 3.05) is 0 Å². The lowest BCUT2D eigenvalue weighted by atomic mass is 10.5. The maximum absolute atomic E-state index is 9.88. The van der Waals surface area contributed by atoms with Crippen LogP contribution in [0, 0.1) is 0 Å². The van der Waals surface area contributed by atoms with Crippen LogP contribution in [0.25, 0.3) is 0 Å². The second-order valence-corrected chi connectivity index (χ2v) is 2.35. The van der Waals surface area contributed by atoms with Crippen molar-refractivity contribution in [3.05, 3.63) is 24.5 Å². The smallest absolute Gasteiger partial charge is 0.317 e. The van der Waals surface area contributed by atoms with E-state index in [2.05, 4.69) is 17.1 Å². The van der Waals surface area contributed by atoms with Crippen molar-refractivity contribution in [1.29, 1.82) is 0 Å². The molecule has 0 saturated heterocycles. The summed E-state index contributed by atoms with van der Waals surface area (Å²) in [5, 5.41) is 0. The number of hydrogen-bond acceptors (Lipinski definition) is 3. The third-order valence-electron chi connectivity index (χ3n) is 1.14. The van der Waals surface area contributed by atoms with Gasteiger partial charge in [0.15, 0.2) is 0 Å². The summed E-state index contributed by atoms with van der Waals surface area (Å²) >= 11 is 3.25. The Morgan fingerprint density at radius 3 is 2.08 bits per heavy atom. The van der Waals surface area contributed by atoms with Gasteiger partial charge in [-0.25, -0.2) is 0 Å². The standard InChI is InChI=1S/C5H7N.C3H6O2S/c1-6-4-2-3-5-6;1-2-3(4)5-6/h2-5H,1H3;6H,2H2,1H3. The average molecular weight is 187 g/mol. The zero-order chi connectivity index (χ0) is 9.40. The summed E-state index contributed by atoms with van der Waals surface area (Å²) < 4.78 is 5.95. The fraction of sp³-hybridized carbons (Fsp3) is 0.375. The average Bonchev–Trinajstić information content (AvgIpc) is 2.55. The highest BCUT2D eigenvalue weighted by Gasteiger charge is 1.89. The van der Waals surface area contributed by atoms with E-state index in [1.54, 1.807) is 6.92 Å². The van der Waals surface area contributed by atoms with Crippen LogP contribution < -0.4 is 0 Å². The van der Waals surface area contributed by atoms with E-state index in [-0.39, 0.29) is 5.97 Å². The molecule has 0 fully saturated rings. The van der Waals surface area contributed by atoms with Crippen LogP contribution in [0.2, 0.25) is 0 Å². The summed E-state index contributed by atoms with van der Waals surface area (Å²) in [7, 11) is 2.00. The van der Waals surface area contributed by atoms with E-state index >= 15 is 0 Å².